The maximum atomic E-state index is 13.0. The van der Waals surface area contributed by atoms with E-state index in [2.05, 4.69) is 16.7 Å². The molecule has 0 saturated heterocycles. The van der Waals surface area contributed by atoms with Gasteiger partial charge in [0.1, 0.15) is 17.5 Å². The Bertz CT molecular complexity index is 1500. The van der Waals surface area contributed by atoms with Gasteiger partial charge in [-0.3, -0.25) is 4.79 Å². The summed E-state index contributed by atoms with van der Waals surface area (Å²) in [6.07, 6.45) is 4.31. The maximum absolute atomic E-state index is 13.0. The summed E-state index contributed by atoms with van der Waals surface area (Å²) in [4.78, 5) is 29.1. The molecule has 0 bridgehead atoms. The van der Waals surface area contributed by atoms with E-state index < -0.39 is 12.1 Å². The van der Waals surface area contributed by atoms with Gasteiger partial charge in [-0.25, -0.2) is 9.78 Å². The molecule has 0 radical (unpaired) electrons. The number of imidazole rings is 1. The Morgan fingerprint density at radius 3 is 2.58 bits per heavy atom. The first-order valence-electron chi connectivity index (χ1n) is 12.3. The molecular weight excluding hydrogens is 480 g/mol. The fraction of sp³-hybridized carbons (Fsp3) is 0.241. The molecule has 4 rings (SSSR count). The van der Waals surface area contributed by atoms with Crippen molar-refractivity contribution in [1.29, 1.82) is 5.26 Å². The van der Waals surface area contributed by atoms with Gasteiger partial charge in [-0.15, -0.1) is 0 Å². The fourth-order valence-corrected chi connectivity index (χ4v) is 4.17. The molecule has 4 N–H and O–H groups in total. The minimum Gasteiger partial charge on any atom is -0.490 e. The number of hydrogen-bond donors (Lipinski definition) is 3. The maximum Gasteiger partial charge on any atom is 0.312 e. The minimum absolute atomic E-state index is 0.103. The molecule has 0 aliphatic carbocycles. The molecule has 2 aromatic heterocycles. The van der Waals surface area contributed by atoms with Crippen LogP contribution < -0.4 is 21.1 Å². The number of nitrogens with zero attached hydrogens (tertiary/aromatic N) is 3. The summed E-state index contributed by atoms with van der Waals surface area (Å²) in [7, 11) is 0. The largest absolute Gasteiger partial charge is 0.490 e. The molecule has 0 fully saturated rings. The van der Waals surface area contributed by atoms with Gasteiger partial charge in [0, 0.05) is 30.1 Å². The molecule has 3 amide bonds. The van der Waals surface area contributed by atoms with Gasteiger partial charge in [-0.1, -0.05) is 30.3 Å². The molecule has 38 heavy (non-hydrogen) atoms. The average Bonchev–Trinajstić information content (AvgIpc) is 3.33. The van der Waals surface area contributed by atoms with Crippen molar-refractivity contribution in [2.24, 2.45) is 5.73 Å². The molecule has 9 heteroatoms. The van der Waals surface area contributed by atoms with Crippen LogP contribution in [0.15, 0.2) is 67.0 Å². The third kappa shape index (κ3) is 6.28. The van der Waals surface area contributed by atoms with E-state index >= 15 is 0 Å². The summed E-state index contributed by atoms with van der Waals surface area (Å²) in [5.41, 5.74) is 10.7. The normalized spacial score (nSPS) is 11.7. The van der Waals surface area contributed by atoms with E-state index in [1.165, 1.54) is 6.07 Å². The van der Waals surface area contributed by atoms with Gasteiger partial charge in [-0.2, -0.15) is 5.26 Å². The van der Waals surface area contributed by atoms with Crippen LogP contribution in [0.2, 0.25) is 0 Å². The first-order valence-corrected chi connectivity index (χ1v) is 12.3. The highest BCUT2D eigenvalue weighted by atomic mass is 16.5. The Kier molecular flexibility index (Phi) is 7.92. The standard InChI is InChI=1S/C29H30N6O3/c1-18(2)38-26-11-10-22(14-23(26)15-30)28(36)33-24(16-32-29(31)37)13-20-6-8-21(9-7-20)25-17-35-12-4-5-19(3)27(35)34-25/h4-12,14,17-18,24H,13,16H2,1-3H3,(H,33,36)(H3,31,32,37). The molecule has 9 nitrogen and oxygen atoms in total. The molecule has 0 spiro atoms. The first kappa shape index (κ1) is 26.2. The van der Waals surface area contributed by atoms with Crippen molar-refractivity contribution in [2.75, 3.05) is 6.54 Å². The molecule has 0 aliphatic rings. The number of nitrogens with one attached hydrogen (secondary N) is 2. The number of hydrogen-bond acceptors (Lipinski definition) is 5. The zero-order chi connectivity index (χ0) is 27.2. The van der Waals surface area contributed by atoms with Gasteiger partial charge >= 0.3 is 6.03 Å². The number of ether oxygens (including phenoxy) is 1. The van der Waals surface area contributed by atoms with Crippen molar-refractivity contribution >= 4 is 17.6 Å². The molecular formula is C29H30N6O3. The number of rotatable bonds is 9. The van der Waals surface area contributed by atoms with E-state index in [0.29, 0.717) is 17.7 Å². The molecule has 1 unspecified atom stereocenters. The van der Waals surface area contributed by atoms with Gasteiger partial charge in [0.15, 0.2) is 0 Å². The number of amides is 3. The lowest BCUT2D eigenvalue weighted by Gasteiger charge is -2.20. The highest BCUT2D eigenvalue weighted by Gasteiger charge is 2.18. The summed E-state index contributed by atoms with van der Waals surface area (Å²) in [6, 6.07) is 17.6. The number of aryl methyl sites for hydroxylation is 1. The number of nitrogens with two attached hydrogens (primary N) is 1. The number of urea groups is 1. The molecule has 4 aromatic rings. The van der Waals surface area contributed by atoms with Crippen molar-refractivity contribution in [2.45, 2.75) is 39.3 Å². The second kappa shape index (κ2) is 11.5. The second-order valence-electron chi connectivity index (χ2n) is 9.35. The molecule has 194 valence electrons. The third-order valence-corrected chi connectivity index (χ3v) is 5.99. The first-order chi connectivity index (χ1) is 18.2. The molecule has 2 aromatic carbocycles. The van der Waals surface area contributed by atoms with Crippen LogP contribution in [0.4, 0.5) is 4.79 Å². The fourth-order valence-electron chi connectivity index (χ4n) is 4.17. The number of carbonyl (C=O) groups is 2. The van der Waals surface area contributed by atoms with Crippen molar-refractivity contribution in [3.05, 3.63) is 89.2 Å². The predicted molar refractivity (Wildman–Crippen MR) is 145 cm³/mol. The lowest BCUT2D eigenvalue weighted by Crippen LogP contribution is -2.46. The van der Waals surface area contributed by atoms with E-state index in [-0.39, 0.29) is 24.1 Å². The summed E-state index contributed by atoms with van der Waals surface area (Å²) >= 11 is 0. The van der Waals surface area contributed by atoms with Crippen LogP contribution in [0.3, 0.4) is 0 Å². The Balaban J connectivity index is 1.49. The van der Waals surface area contributed by atoms with Gasteiger partial charge in [0.05, 0.1) is 23.4 Å². The number of nitriles is 1. The smallest absolute Gasteiger partial charge is 0.312 e. The van der Waals surface area contributed by atoms with E-state index in [1.807, 2.05) is 74.0 Å². The lowest BCUT2D eigenvalue weighted by atomic mass is 10.0. The van der Waals surface area contributed by atoms with Crippen molar-refractivity contribution in [3.63, 3.8) is 0 Å². The molecule has 0 aliphatic heterocycles. The topological polar surface area (TPSA) is 135 Å². The van der Waals surface area contributed by atoms with Crippen LogP contribution in [-0.2, 0) is 6.42 Å². The average molecular weight is 511 g/mol. The zero-order valence-electron chi connectivity index (χ0n) is 21.6. The number of benzene rings is 2. The third-order valence-electron chi connectivity index (χ3n) is 5.99. The van der Waals surface area contributed by atoms with Crippen LogP contribution in [0, 0.1) is 18.3 Å². The van der Waals surface area contributed by atoms with Crippen LogP contribution >= 0.6 is 0 Å². The Hall–Kier alpha value is -4.84. The summed E-state index contributed by atoms with van der Waals surface area (Å²) < 4.78 is 7.64. The van der Waals surface area contributed by atoms with Crippen LogP contribution in [-0.4, -0.2) is 40.0 Å². The van der Waals surface area contributed by atoms with E-state index in [9.17, 15) is 14.9 Å². The van der Waals surface area contributed by atoms with Crippen molar-refractivity contribution in [3.8, 4) is 23.1 Å². The van der Waals surface area contributed by atoms with Crippen LogP contribution in [0.25, 0.3) is 16.9 Å². The minimum atomic E-state index is -0.677. The number of primary amides is 1. The Labute approximate surface area is 221 Å². The Morgan fingerprint density at radius 1 is 1.16 bits per heavy atom. The quantitative estimate of drug-likeness (QED) is 0.313. The highest BCUT2D eigenvalue weighted by molar-refractivity contribution is 5.95. The summed E-state index contributed by atoms with van der Waals surface area (Å²) in [5.74, 6) is 0.0532. The monoisotopic (exact) mass is 510 g/mol. The molecule has 1 atom stereocenters. The summed E-state index contributed by atoms with van der Waals surface area (Å²) in [6.45, 7) is 5.90. The number of carbonyl (C=O) groups excluding carboxylic acids is 2. The molecule has 2 heterocycles. The van der Waals surface area contributed by atoms with E-state index in [0.717, 1.165) is 28.0 Å². The van der Waals surface area contributed by atoms with Gasteiger partial charge in [-0.05, 0) is 62.6 Å². The van der Waals surface area contributed by atoms with Crippen LogP contribution in [0.1, 0.15) is 40.9 Å². The molecule has 0 saturated carbocycles. The van der Waals surface area contributed by atoms with Crippen molar-refractivity contribution in [1.82, 2.24) is 20.0 Å². The number of aromatic nitrogens is 2. The Morgan fingerprint density at radius 2 is 1.92 bits per heavy atom. The zero-order valence-corrected chi connectivity index (χ0v) is 21.6. The second-order valence-corrected chi connectivity index (χ2v) is 9.35. The lowest BCUT2D eigenvalue weighted by molar-refractivity contribution is 0.0936. The van der Waals surface area contributed by atoms with Crippen LogP contribution in [0.5, 0.6) is 5.75 Å². The number of fused-ring (bicyclic) bond motifs is 1. The van der Waals surface area contributed by atoms with E-state index in [1.54, 1.807) is 12.1 Å². The van der Waals surface area contributed by atoms with Gasteiger partial charge < -0.3 is 25.5 Å². The van der Waals surface area contributed by atoms with Gasteiger partial charge in [0.2, 0.25) is 0 Å². The highest BCUT2D eigenvalue weighted by Crippen LogP contribution is 2.23. The SMILES string of the molecule is Cc1cccn2cc(-c3ccc(CC(CNC(N)=O)NC(=O)c4ccc(OC(C)C)c(C#N)c4)cc3)nc12. The predicted octanol–water partition coefficient (Wildman–Crippen LogP) is 3.98. The van der Waals surface area contributed by atoms with Gasteiger partial charge in [0.25, 0.3) is 5.91 Å². The van der Waals surface area contributed by atoms with Crippen molar-refractivity contribution < 1.29 is 14.3 Å². The summed E-state index contributed by atoms with van der Waals surface area (Å²) in [5, 5.41) is 15.0. The van der Waals surface area contributed by atoms with E-state index in [4.69, 9.17) is 15.5 Å². The number of pyridine rings is 1.